The Morgan fingerprint density at radius 3 is 1.89 bits per heavy atom. The van der Waals surface area contributed by atoms with Gasteiger partial charge in [-0.2, -0.15) is 5.48 Å². The molecule has 0 unspecified atom stereocenters. The highest BCUT2D eigenvalue weighted by atomic mass is 28.3. The standard InChI is InChI=1S/C63H76N6O11Si/c1-7-23-75-26-27-76-25-22-67(21-14-18-51(70)17-12-13-24-80-66-63(73)77-28-29-81(4,5)6)48-32-44(41-78-58-37-54-52(30-43(58)2)61(71)68-49(39-64-54)34-46-15-8-10-19-56(46)68)31-45(33-48)42-79-60-38-55-53(36-59(60)74-3)62(72)69-50(40-65-55)35-47-16-9-11-20-57(47)69/h8-11,15-16,19-20,30-33,36-40,49-50H,7,12-14,17-18,21-29,34-35,41-42H2,1-6H3,(H,66,73)/t49-,50-/m0/s1. The first-order chi connectivity index (χ1) is 39.3. The molecule has 0 fully saturated rings. The largest absolute Gasteiger partial charge is 0.493 e. The summed E-state index contributed by atoms with van der Waals surface area (Å²) in [5, 5.41) is 0. The highest BCUT2D eigenvalue weighted by molar-refractivity contribution is 6.76. The number of hydrogen-bond acceptors (Lipinski definition) is 14. The molecule has 4 heterocycles. The fourth-order valence-corrected chi connectivity index (χ4v) is 11.2. The number of unbranched alkanes of at least 4 members (excludes halogenated alkanes) is 1. The summed E-state index contributed by atoms with van der Waals surface area (Å²) in [6.45, 7) is 14.7. The van der Waals surface area contributed by atoms with Gasteiger partial charge < -0.3 is 33.3 Å². The number of nitrogens with one attached hydrogen (secondary N) is 1. The Kier molecular flexibility index (Phi) is 19.7. The Bertz CT molecular complexity index is 3120. The third kappa shape index (κ3) is 15.0. The van der Waals surface area contributed by atoms with E-state index in [0.717, 1.165) is 57.3 Å². The van der Waals surface area contributed by atoms with E-state index in [4.69, 9.17) is 43.2 Å². The first-order valence-corrected chi connectivity index (χ1v) is 32.1. The monoisotopic (exact) mass is 1120 g/mol. The van der Waals surface area contributed by atoms with Crippen LogP contribution < -0.4 is 34.4 Å². The van der Waals surface area contributed by atoms with Crippen molar-refractivity contribution in [3.63, 3.8) is 0 Å². The number of anilines is 3. The Balaban J connectivity index is 0.921. The summed E-state index contributed by atoms with van der Waals surface area (Å²) in [5.41, 5.74) is 11.7. The molecule has 9 rings (SSSR count). The van der Waals surface area contributed by atoms with Crippen LogP contribution in [0, 0.1) is 6.92 Å². The second kappa shape index (κ2) is 27.4. The molecular formula is C63H76N6O11Si. The third-order valence-electron chi connectivity index (χ3n) is 14.8. The summed E-state index contributed by atoms with van der Waals surface area (Å²) in [4.78, 5) is 74.5. The predicted octanol–water partition coefficient (Wildman–Crippen LogP) is 11.5. The average molecular weight is 1120 g/mol. The maximum Gasteiger partial charge on any atom is 0.431 e. The van der Waals surface area contributed by atoms with Gasteiger partial charge >= 0.3 is 6.09 Å². The van der Waals surface area contributed by atoms with Crippen LogP contribution >= 0.6 is 0 Å². The lowest BCUT2D eigenvalue weighted by atomic mass is 10.1. The number of para-hydroxylation sites is 2. The molecule has 428 valence electrons. The lowest BCUT2D eigenvalue weighted by Gasteiger charge is -2.26. The third-order valence-corrected chi connectivity index (χ3v) is 16.5. The van der Waals surface area contributed by atoms with Crippen LogP contribution in [-0.2, 0) is 49.9 Å². The van der Waals surface area contributed by atoms with Crippen LogP contribution in [0.3, 0.4) is 0 Å². The SMILES string of the molecule is CCCOCCOCCN(CCCC(=O)CCCCONC(=O)OCC[Si](C)(C)C)c1cc(COc2cc3c(cc2C)C(=O)N2c4ccccc4C[C@H]2C=N3)cc(COc2cc3c(cc2OC)C(=O)N2c4ccccc4C[C@H]2C=N3)c1. The molecule has 1 N–H and O–H groups in total. The van der Waals surface area contributed by atoms with E-state index >= 15 is 0 Å². The van der Waals surface area contributed by atoms with E-state index in [1.54, 1.807) is 19.2 Å². The number of methoxy groups -OCH3 is 1. The minimum Gasteiger partial charge on any atom is -0.493 e. The van der Waals surface area contributed by atoms with Crippen molar-refractivity contribution in [2.75, 3.05) is 74.5 Å². The van der Waals surface area contributed by atoms with E-state index < -0.39 is 14.2 Å². The lowest BCUT2D eigenvalue weighted by molar-refractivity contribution is -0.119. The Morgan fingerprint density at radius 1 is 0.667 bits per heavy atom. The van der Waals surface area contributed by atoms with Gasteiger partial charge in [-0.1, -0.05) is 63.0 Å². The molecule has 18 heteroatoms. The summed E-state index contributed by atoms with van der Waals surface area (Å²) in [7, 11) is 0.233. The van der Waals surface area contributed by atoms with Gasteiger partial charge in [-0.05, 0) is 109 Å². The summed E-state index contributed by atoms with van der Waals surface area (Å²) >= 11 is 0. The normalized spacial score (nSPS) is 15.7. The number of ketones is 1. The number of fused-ring (bicyclic) bond motifs is 8. The van der Waals surface area contributed by atoms with E-state index in [-0.39, 0.29) is 49.5 Å². The zero-order valence-electron chi connectivity index (χ0n) is 47.6. The van der Waals surface area contributed by atoms with Crippen molar-refractivity contribution in [3.8, 4) is 17.2 Å². The molecule has 81 heavy (non-hydrogen) atoms. The first-order valence-electron chi connectivity index (χ1n) is 28.4. The van der Waals surface area contributed by atoms with Crippen LogP contribution in [0.5, 0.6) is 17.2 Å². The highest BCUT2D eigenvalue weighted by Gasteiger charge is 2.38. The number of hydroxylamine groups is 1. The number of benzene rings is 5. The molecule has 2 atom stereocenters. The van der Waals surface area contributed by atoms with Crippen molar-refractivity contribution in [3.05, 3.63) is 130 Å². The summed E-state index contributed by atoms with van der Waals surface area (Å²) in [6.07, 6.45) is 8.00. The van der Waals surface area contributed by atoms with Gasteiger partial charge in [0.2, 0.25) is 0 Å². The van der Waals surface area contributed by atoms with Gasteiger partial charge in [0.15, 0.2) is 11.5 Å². The van der Waals surface area contributed by atoms with Crippen LogP contribution in [0.1, 0.15) is 94.0 Å². The van der Waals surface area contributed by atoms with E-state index in [2.05, 4.69) is 55.1 Å². The minimum absolute atomic E-state index is 0.0924. The molecule has 0 saturated carbocycles. The molecule has 0 spiro atoms. The van der Waals surface area contributed by atoms with E-state index in [0.29, 0.717) is 131 Å². The first kappa shape index (κ1) is 58.3. The number of ether oxygens (including phenoxy) is 6. The number of carbonyl (C=O) groups excluding carboxylic acids is 4. The van der Waals surface area contributed by atoms with Gasteiger partial charge in [0, 0.05) is 95.1 Å². The molecule has 4 aliphatic heterocycles. The van der Waals surface area contributed by atoms with Crippen molar-refractivity contribution in [1.29, 1.82) is 0 Å². The van der Waals surface area contributed by atoms with Crippen LogP contribution in [-0.4, -0.2) is 116 Å². The second-order valence-corrected chi connectivity index (χ2v) is 27.8. The zero-order valence-corrected chi connectivity index (χ0v) is 48.6. The van der Waals surface area contributed by atoms with Gasteiger partial charge in [-0.15, -0.1) is 0 Å². The van der Waals surface area contributed by atoms with Crippen molar-refractivity contribution in [2.24, 2.45) is 9.98 Å². The maximum atomic E-state index is 14.2. The number of rotatable bonds is 29. The van der Waals surface area contributed by atoms with Gasteiger partial charge in [-0.3, -0.25) is 39.0 Å². The Morgan fingerprint density at radius 2 is 1.26 bits per heavy atom. The summed E-state index contributed by atoms with van der Waals surface area (Å²) < 4.78 is 36.1. The molecule has 0 saturated heterocycles. The van der Waals surface area contributed by atoms with Crippen LogP contribution in [0.2, 0.25) is 25.7 Å². The lowest BCUT2D eigenvalue weighted by Crippen LogP contribution is -2.37. The molecule has 0 radical (unpaired) electrons. The van der Waals surface area contributed by atoms with Crippen molar-refractivity contribution >= 4 is 72.6 Å². The van der Waals surface area contributed by atoms with E-state index in [9.17, 15) is 19.2 Å². The van der Waals surface area contributed by atoms with Crippen molar-refractivity contribution in [2.45, 2.75) is 116 Å². The van der Waals surface area contributed by atoms with Gasteiger partial charge in [-0.25, -0.2) is 4.79 Å². The Hall–Kier alpha value is -7.38. The Labute approximate surface area is 476 Å². The van der Waals surface area contributed by atoms with Gasteiger partial charge in [0.1, 0.15) is 24.7 Å². The molecule has 5 aromatic carbocycles. The zero-order chi connectivity index (χ0) is 56.9. The molecule has 17 nitrogen and oxygen atoms in total. The molecular weight excluding hydrogens is 1040 g/mol. The molecule has 4 aliphatic rings. The van der Waals surface area contributed by atoms with Crippen LogP contribution in [0.25, 0.3) is 0 Å². The van der Waals surface area contributed by atoms with E-state index in [1.165, 1.54) is 0 Å². The fraction of sp³-hybridized carbons (Fsp3) is 0.429. The number of amides is 3. The molecule has 5 aromatic rings. The number of hydrogen-bond donors (Lipinski definition) is 1. The van der Waals surface area contributed by atoms with Crippen molar-refractivity contribution in [1.82, 2.24) is 5.48 Å². The maximum absolute atomic E-state index is 14.2. The number of Topliss-reactive ketones (excluding diaryl/α,β-unsaturated/α-hetero) is 1. The molecule has 0 bridgehead atoms. The smallest absolute Gasteiger partial charge is 0.431 e. The van der Waals surface area contributed by atoms with Gasteiger partial charge in [0.25, 0.3) is 11.8 Å². The average Bonchev–Trinajstić information content (AvgIpc) is 3.89. The fourth-order valence-electron chi connectivity index (χ4n) is 10.5. The predicted molar refractivity (Wildman–Crippen MR) is 318 cm³/mol. The highest BCUT2D eigenvalue weighted by Crippen LogP contribution is 2.42. The van der Waals surface area contributed by atoms with Crippen LogP contribution in [0.15, 0.2) is 101 Å². The van der Waals surface area contributed by atoms with Crippen LogP contribution in [0.4, 0.5) is 33.2 Å². The topological polar surface area (TPSA) is 179 Å². The van der Waals surface area contributed by atoms with Crippen molar-refractivity contribution < 1.29 is 52.4 Å². The molecule has 0 aliphatic carbocycles. The quantitative estimate of drug-likeness (QED) is 0.0272. The number of carbonyl (C=O) groups is 4. The number of aliphatic imine (C=N–C) groups is 2. The minimum atomic E-state index is -1.32. The summed E-state index contributed by atoms with van der Waals surface area (Å²) in [6, 6.07) is 29.8. The molecule has 0 aromatic heterocycles. The summed E-state index contributed by atoms with van der Waals surface area (Å²) in [5.74, 6) is 1.33. The van der Waals surface area contributed by atoms with E-state index in [1.807, 2.05) is 89.8 Å². The molecule has 3 amide bonds. The second-order valence-electron chi connectivity index (χ2n) is 22.2. The number of nitrogens with zero attached hydrogens (tertiary/aromatic N) is 5. The number of aryl methyl sites for hydroxylation is 1. The van der Waals surface area contributed by atoms with Gasteiger partial charge in [0.05, 0.1) is 74.7 Å².